The number of nitrogens with zero attached hydrogens (tertiary/aromatic N) is 1. The molecule has 21 heavy (non-hydrogen) atoms. The van der Waals surface area contributed by atoms with Gasteiger partial charge in [0.15, 0.2) is 11.5 Å². The lowest BCUT2D eigenvalue weighted by Gasteiger charge is -2.29. The largest absolute Gasteiger partial charge is 0.449 e. The van der Waals surface area contributed by atoms with Gasteiger partial charge in [0.05, 0.1) is 5.69 Å². The Balaban J connectivity index is 2.05. The Bertz CT molecular complexity index is 708. The van der Waals surface area contributed by atoms with E-state index in [9.17, 15) is 4.79 Å². The third-order valence-electron chi connectivity index (χ3n) is 3.36. The Hall–Kier alpha value is -2.75. The molecular weight excluding hydrogens is 264 g/mol. The number of anilines is 2. The first kappa shape index (κ1) is 13.2. The smallest absolute Gasteiger partial charge is 0.294 e. The van der Waals surface area contributed by atoms with Crippen LogP contribution in [0.1, 0.15) is 12.5 Å². The number of carbonyl (C=O) groups is 1. The van der Waals surface area contributed by atoms with Crippen molar-refractivity contribution in [3.8, 4) is 5.75 Å². The number of hydrogen-bond acceptors (Lipinski definition) is 3. The molecule has 0 atom stereocenters. The maximum absolute atomic E-state index is 12.5. The number of rotatable bonds is 2. The standard InChI is InChI=1S/C17H16N2O2/c1-2-19-14-9-8-13(18)11-15(14)21-16(17(19)20)10-12-6-4-3-5-7-12/h3-11H,2,18H2,1H3/b16-10+. The second-order valence-electron chi connectivity index (χ2n) is 4.80. The maximum Gasteiger partial charge on any atom is 0.294 e. The van der Waals surface area contributed by atoms with Gasteiger partial charge in [-0.05, 0) is 30.7 Å². The molecule has 2 aromatic carbocycles. The molecule has 0 bridgehead atoms. The number of fused-ring (bicyclic) bond motifs is 1. The fraction of sp³-hybridized carbons (Fsp3) is 0.118. The van der Waals surface area contributed by atoms with Gasteiger partial charge in [0, 0.05) is 18.3 Å². The predicted octanol–water partition coefficient (Wildman–Crippen LogP) is 3.06. The quantitative estimate of drug-likeness (QED) is 0.679. The van der Waals surface area contributed by atoms with E-state index in [2.05, 4.69) is 0 Å². The molecule has 1 aliphatic heterocycles. The number of amides is 1. The third-order valence-corrected chi connectivity index (χ3v) is 3.36. The zero-order valence-electron chi connectivity index (χ0n) is 11.7. The van der Waals surface area contributed by atoms with Crippen LogP contribution in [0.25, 0.3) is 6.08 Å². The molecule has 0 aromatic heterocycles. The van der Waals surface area contributed by atoms with Crippen molar-refractivity contribution in [2.45, 2.75) is 6.92 Å². The van der Waals surface area contributed by atoms with Crippen molar-refractivity contribution in [2.75, 3.05) is 17.2 Å². The molecule has 0 saturated heterocycles. The number of benzene rings is 2. The van der Waals surface area contributed by atoms with Crippen LogP contribution in [-0.2, 0) is 4.79 Å². The van der Waals surface area contributed by atoms with Crippen LogP contribution in [0.2, 0.25) is 0 Å². The van der Waals surface area contributed by atoms with Gasteiger partial charge in [-0.3, -0.25) is 4.79 Å². The molecule has 0 fully saturated rings. The van der Waals surface area contributed by atoms with E-state index in [1.165, 1.54) is 0 Å². The van der Waals surface area contributed by atoms with E-state index in [0.717, 1.165) is 11.3 Å². The Morgan fingerprint density at radius 3 is 2.67 bits per heavy atom. The molecule has 0 aliphatic carbocycles. The average Bonchev–Trinajstić information content (AvgIpc) is 2.49. The number of nitrogens with two attached hydrogens (primary N) is 1. The topological polar surface area (TPSA) is 55.6 Å². The van der Waals surface area contributed by atoms with E-state index in [4.69, 9.17) is 10.5 Å². The van der Waals surface area contributed by atoms with Gasteiger partial charge in [-0.1, -0.05) is 30.3 Å². The zero-order chi connectivity index (χ0) is 14.8. The van der Waals surface area contributed by atoms with E-state index in [0.29, 0.717) is 23.7 Å². The normalized spacial score (nSPS) is 15.8. The Kier molecular flexibility index (Phi) is 3.36. The lowest BCUT2D eigenvalue weighted by atomic mass is 10.1. The summed E-state index contributed by atoms with van der Waals surface area (Å²) in [7, 11) is 0. The van der Waals surface area contributed by atoms with Gasteiger partial charge in [-0.15, -0.1) is 0 Å². The van der Waals surface area contributed by atoms with Crippen LogP contribution >= 0.6 is 0 Å². The van der Waals surface area contributed by atoms with Crippen molar-refractivity contribution in [1.29, 1.82) is 0 Å². The van der Waals surface area contributed by atoms with Crippen molar-refractivity contribution < 1.29 is 9.53 Å². The highest BCUT2D eigenvalue weighted by atomic mass is 16.5. The number of nitrogen functional groups attached to an aromatic ring is 1. The molecule has 2 aromatic rings. The monoisotopic (exact) mass is 280 g/mol. The van der Waals surface area contributed by atoms with Crippen LogP contribution in [-0.4, -0.2) is 12.5 Å². The van der Waals surface area contributed by atoms with Gasteiger partial charge in [0.1, 0.15) is 0 Å². The highest BCUT2D eigenvalue weighted by Crippen LogP contribution is 2.37. The van der Waals surface area contributed by atoms with E-state index in [1.54, 1.807) is 23.1 Å². The Labute approximate surface area is 123 Å². The lowest BCUT2D eigenvalue weighted by Crippen LogP contribution is -2.37. The molecule has 3 rings (SSSR count). The lowest BCUT2D eigenvalue weighted by molar-refractivity contribution is -0.117. The zero-order valence-corrected chi connectivity index (χ0v) is 11.7. The second kappa shape index (κ2) is 5.32. The molecule has 4 nitrogen and oxygen atoms in total. The highest BCUT2D eigenvalue weighted by Gasteiger charge is 2.29. The third kappa shape index (κ3) is 2.48. The van der Waals surface area contributed by atoms with Crippen LogP contribution in [0.4, 0.5) is 11.4 Å². The Morgan fingerprint density at radius 2 is 1.95 bits per heavy atom. The van der Waals surface area contributed by atoms with Crippen LogP contribution in [0, 0.1) is 0 Å². The minimum atomic E-state index is -0.140. The van der Waals surface area contributed by atoms with E-state index in [1.807, 2.05) is 43.3 Å². The van der Waals surface area contributed by atoms with Gasteiger partial charge in [-0.2, -0.15) is 0 Å². The molecule has 1 heterocycles. The predicted molar refractivity (Wildman–Crippen MR) is 83.9 cm³/mol. The number of carbonyl (C=O) groups excluding carboxylic acids is 1. The van der Waals surface area contributed by atoms with Crippen LogP contribution in [0.3, 0.4) is 0 Å². The van der Waals surface area contributed by atoms with Crippen LogP contribution < -0.4 is 15.4 Å². The van der Waals surface area contributed by atoms with E-state index >= 15 is 0 Å². The fourth-order valence-electron chi connectivity index (χ4n) is 2.35. The molecule has 0 radical (unpaired) electrons. The summed E-state index contributed by atoms with van der Waals surface area (Å²) in [4.78, 5) is 14.2. The van der Waals surface area contributed by atoms with Crippen molar-refractivity contribution in [2.24, 2.45) is 0 Å². The maximum atomic E-state index is 12.5. The fourth-order valence-corrected chi connectivity index (χ4v) is 2.35. The molecule has 0 saturated carbocycles. The number of hydrogen-bond donors (Lipinski definition) is 1. The van der Waals surface area contributed by atoms with Gasteiger partial charge in [0.2, 0.25) is 0 Å². The molecule has 0 spiro atoms. The summed E-state index contributed by atoms with van der Waals surface area (Å²) < 4.78 is 5.75. The second-order valence-corrected chi connectivity index (χ2v) is 4.80. The molecule has 2 N–H and O–H groups in total. The molecule has 4 heteroatoms. The average molecular weight is 280 g/mol. The van der Waals surface area contributed by atoms with Crippen molar-refractivity contribution in [3.05, 3.63) is 59.9 Å². The molecular formula is C17H16N2O2. The van der Waals surface area contributed by atoms with Crippen molar-refractivity contribution >= 4 is 23.4 Å². The minimum Gasteiger partial charge on any atom is -0.449 e. The molecule has 1 aliphatic rings. The minimum absolute atomic E-state index is 0.140. The van der Waals surface area contributed by atoms with Gasteiger partial charge < -0.3 is 15.4 Å². The first-order chi connectivity index (χ1) is 10.2. The summed E-state index contributed by atoms with van der Waals surface area (Å²) in [5.41, 5.74) is 8.08. The summed E-state index contributed by atoms with van der Waals surface area (Å²) in [5, 5.41) is 0. The summed E-state index contributed by atoms with van der Waals surface area (Å²) >= 11 is 0. The van der Waals surface area contributed by atoms with E-state index in [-0.39, 0.29) is 5.91 Å². The van der Waals surface area contributed by atoms with Crippen molar-refractivity contribution in [3.63, 3.8) is 0 Å². The van der Waals surface area contributed by atoms with Gasteiger partial charge in [0.25, 0.3) is 5.91 Å². The summed E-state index contributed by atoms with van der Waals surface area (Å²) in [6.07, 6.45) is 1.75. The van der Waals surface area contributed by atoms with Gasteiger partial charge >= 0.3 is 0 Å². The summed E-state index contributed by atoms with van der Waals surface area (Å²) in [5.74, 6) is 0.776. The molecule has 1 amide bonds. The van der Waals surface area contributed by atoms with Crippen molar-refractivity contribution in [1.82, 2.24) is 0 Å². The first-order valence-corrected chi connectivity index (χ1v) is 6.85. The van der Waals surface area contributed by atoms with E-state index < -0.39 is 0 Å². The number of ether oxygens (including phenoxy) is 1. The first-order valence-electron chi connectivity index (χ1n) is 6.85. The van der Waals surface area contributed by atoms with Crippen LogP contribution in [0.5, 0.6) is 5.75 Å². The Morgan fingerprint density at radius 1 is 1.19 bits per heavy atom. The SMILES string of the molecule is CCN1C(=O)/C(=C\c2ccccc2)Oc2cc(N)ccc21. The molecule has 106 valence electrons. The number of likely N-dealkylation sites (N-methyl/N-ethyl adjacent to an activating group) is 1. The summed E-state index contributed by atoms with van der Waals surface area (Å²) in [6, 6.07) is 14.9. The van der Waals surface area contributed by atoms with Crippen LogP contribution in [0.15, 0.2) is 54.3 Å². The molecule has 0 unspecified atom stereocenters. The van der Waals surface area contributed by atoms with Gasteiger partial charge in [-0.25, -0.2) is 0 Å². The summed E-state index contributed by atoms with van der Waals surface area (Å²) in [6.45, 7) is 2.51. The highest BCUT2D eigenvalue weighted by molar-refractivity contribution is 6.09.